The van der Waals surface area contributed by atoms with Crippen LogP contribution in [0, 0.1) is 20.8 Å². The van der Waals surface area contributed by atoms with Gasteiger partial charge in [0.1, 0.15) is 11.2 Å². The molecule has 4 N–H and O–H groups in total. The van der Waals surface area contributed by atoms with E-state index in [1.807, 2.05) is 26.0 Å². The van der Waals surface area contributed by atoms with E-state index < -0.39 is 16.7 Å². The molecule has 0 fully saturated rings. The molecule has 1 spiro atoms. The maximum atomic E-state index is 13.4. The zero-order valence-electron chi connectivity index (χ0n) is 14.7. The highest BCUT2D eigenvalue weighted by Crippen LogP contribution is 2.54. The van der Waals surface area contributed by atoms with E-state index in [1.165, 1.54) is 0 Å². The number of aromatic nitrogens is 3. The zero-order chi connectivity index (χ0) is 19.1. The topological polar surface area (TPSA) is 133 Å². The molecule has 1 aromatic carbocycles. The Bertz CT molecular complexity index is 1280. The number of amides is 1. The van der Waals surface area contributed by atoms with Crippen molar-refractivity contribution in [1.82, 2.24) is 15.1 Å². The fourth-order valence-corrected chi connectivity index (χ4v) is 4.33. The van der Waals surface area contributed by atoms with Crippen LogP contribution in [0.4, 0.5) is 17.4 Å². The summed E-state index contributed by atoms with van der Waals surface area (Å²) in [5.74, 6) is -0.0444. The lowest BCUT2D eigenvalue weighted by Crippen LogP contribution is -2.46. The monoisotopic (exact) mass is 365 g/mol. The highest BCUT2D eigenvalue weighted by atomic mass is 16.5. The molecule has 2 aliphatic rings. The number of anilines is 3. The number of hydrogen-bond donors (Lipinski definition) is 4. The third-order valence-corrected chi connectivity index (χ3v) is 5.26. The van der Waals surface area contributed by atoms with Gasteiger partial charge in [0.25, 0.3) is 5.56 Å². The maximum Gasteiger partial charge on any atom is 0.327 e. The lowest BCUT2D eigenvalue weighted by Gasteiger charge is -2.32. The fourth-order valence-electron chi connectivity index (χ4n) is 4.33. The smallest absolute Gasteiger partial charge is 0.327 e. The van der Waals surface area contributed by atoms with E-state index in [1.54, 1.807) is 6.92 Å². The lowest BCUT2D eigenvalue weighted by molar-refractivity contribution is -0.118. The van der Waals surface area contributed by atoms with Gasteiger partial charge < -0.3 is 15.2 Å². The van der Waals surface area contributed by atoms with E-state index >= 15 is 0 Å². The summed E-state index contributed by atoms with van der Waals surface area (Å²) < 4.78 is 5.36. The summed E-state index contributed by atoms with van der Waals surface area (Å²) in [4.78, 5) is 42.9. The Hall–Kier alpha value is -3.62. The van der Waals surface area contributed by atoms with Crippen LogP contribution in [0.15, 0.2) is 26.2 Å². The van der Waals surface area contributed by atoms with Gasteiger partial charge in [0.05, 0.1) is 16.8 Å². The summed E-state index contributed by atoms with van der Waals surface area (Å²) >= 11 is 0. The second-order valence-corrected chi connectivity index (χ2v) is 6.96. The predicted molar refractivity (Wildman–Crippen MR) is 96.6 cm³/mol. The summed E-state index contributed by atoms with van der Waals surface area (Å²) in [5.41, 5.74) is 1.38. The van der Waals surface area contributed by atoms with Gasteiger partial charge in [-0.05, 0) is 26.3 Å². The number of nitrogens with zero attached hydrogens (tertiary/aromatic N) is 1. The Morgan fingerprint density at radius 2 is 1.78 bits per heavy atom. The molecule has 136 valence electrons. The second-order valence-electron chi connectivity index (χ2n) is 6.96. The first-order chi connectivity index (χ1) is 12.8. The molecule has 0 saturated carbocycles. The molecule has 3 aromatic rings. The van der Waals surface area contributed by atoms with Crippen molar-refractivity contribution >= 4 is 23.3 Å². The molecule has 1 atom stereocenters. The third kappa shape index (κ3) is 1.73. The van der Waals surface area contributed by atoms with Gasteiger partial charge in [0.2, 0.25) is 11.8 Å². The van der Waals surface area contributed by atoms with Crippen molar-refractivity contribution in [2.45, 2.75) is 26.2 Å². The molecule has 1 amide bonds. The van der Waals surface area contributed by atoms with Gasteiger partial charge in [0.15, 0.2) is 0 Å². The molecule has 4 heterocycles. The van der Waals surface area contributed by atoms with E-state index in [4.69, 9.17) is 4.52 Å². The van der Waals surface area contributed by atoms with Gasteiger partial charge in [-0.2, -0.15) is 0 Å². The van der Waals surface area contributed by atoms with Crippen LogP contribution in [-0.4, -0.2) is 21.0 Å². The van der Waals surface area contributed by atoms with Crippen LogP contribution in [-0.2, 0) is 10.2 Å². The third-order valence-electron chi connectivity index (χ3n) is 5.26. The first-order valence-electron chi connectivity index (χ1n) is 8.38. The number of nitrogens with one attached hydrogen (secondary N) is 4. The number of aryl methyl sites for hydroxylation is 3. The minimum Gasteiger partial charge on any atom is -0.338 e. The van der Waals surface area contributed by atoms with Crippen molar-refractivity contribution in [1.29, 1.82) is 0 Å². The number of benzene rings is 1. The zero-order valence-corrected chi connectivity index (χ0v) is 14.7. The Kier molecular flexibility index (Phi) is 2.75. The van der Waals surface area contributed by atoms with Gasteiger partial charge >= 0.3 is 5.69 Å². The van der Waals surface area contributed by atoms with E-state index in [2.05, 4.69) is 25.8 Å². The highest BCUT2D eigenvalue weighted by molar-refractivity contribution is 6.14. The highest BCUT2D eigenvalue weighted by Gasteiger charge is 2.58. The molecule has 9 nitrogen and oxygen atoms in total. The van der Waals surface area contributed by atoms with Gasteiger partial charge in [-0.15, -0.1) is 0 Å². The molecule has 2 aromatic heterocycles. The SMILES string of the molecule is Cc1cc(C)c2c(c1)C1(C(=O)N2)c2c(C)noc2Nc2[nH]c(=O)[nH]c(=O)c21. The van der Waals surface area contributed by atoms with Crippen LogP contribution in [0.5, 0.6) is 0 Å². The standard InChI is InChI=1S/C18H15N5O4/c1-6-4-7(2)12-9(5-6)18(16(25)19-12)10-8(3)23-27-15(10)20-13-11(18)14(24)22-17(26)21-13/h4-5H,1-3H3,(H,19,25)(H3,20,21,22,24,26). The number of hydrogen-bond acceptors (Lipinski definition) is 6. The Labute approximate surface area is 151 Å². The molecule has 0 saturated heterocycles. The first kappa shape index (κ1) is 15.6. The first-order valence-corrected chi connectivity index (χ1v) is 8.38. The van der Waals surface area contributed by atoms with Crippen molar-refractivity contribution in [3.8, 4) is 0 Å². The summed E-state index contributed by atoms with van der Waals surface area (Å²) in [5, 5.41) is 9.79. The molecule has 0 bridgehead atoms. The van der Waals surface area contributed by atoms with Crippen molar-refractivity contribution in [3.05, 3.63) is 66.5 Å². The Balaban J connectivity index is 2.03. The van der Waals surface area contributed by atoms with Crippen LogP contribution in [0.1, 0.15) is 33.5 Å². The molecular formula is C18H15N5O4. The predicted octanol–water partition coefficient (Wildman–Crippen LogP) is 1.32. The van der Waals surface area contributed by atoms with Gasteiger partial charge in [-0.25, -0.2) is 4.79 Å². The minimum atomic E-state index is -1.47. The van der Waals surface area contributed by atoms with E-state index in [0.29, 0.717) is 22.5 Å². The van der Waals surface area contributed by atoms with Crippen molar-refractivity contribution < 1.29 is 9.32 Å². The van der Waals surface area contributed by atoms with Crippen LogP contribution in [0.25, 0.3) is 0 Å². The summed E-state index contributed by atoms with van der Waals surface area (Å²) in [7, 11) is 0. The van der Waals surface area contributed by atoms with Crippen LogP contribution in [0.3, 0.4) is 0 Å². The minimum absolute atomic E-state index is 0.113. The molecule has 0 aliphatic carbocycles. The van der Waals surface area contributed by atoms with Crippen molar-refractivity contribution in [3.63, 3.8) is 0 Å². The Morgan fingerprint density at radius 3 is 2.56 bits per heavy atom. The van der Waals surface area contributed by atoms with Crippen LogP contribution < -0.4 is 21.9 Å². The normalized spacial score (nSPS) is 19.3. The fraction of sp³-hybridized carbons (Fsp3) is 0.222. The number of carbonyl (C=O) groups is 1. The summed E-state index contributed by atoms with van der Waals surface area (Å²) in [6, 6.07) is 3.83. The van der Waals surface area contributed by atoms with Gasteiger partial charge in [-0.3, -0.25) is 19.6 Å². The number of H-pyrrole nitrogens is 2. The molecule has 9 heteroatoms. The van der Waals surface area contributed by atoms with E-state index in [-0.39, 0.29) is 23.2 Å². The van der Waals surface area contributed by atoms with Crippen molar-refractivity contribution in [2.75, 3.05) is 10.6 Å². The van der Waals surface area contributed by atoms with E-state index in [0.717, 1.165) is 11.1 Å². The Morgan fingerprint density at radius 1 is 1.00 bits per heavy atom. The average molecular weight is 365 g/mol. The van der Waals surface area contributed by atoms with Crippen LogP contribution in [0.2, 0.25) is 0 Å². The van der Waals surface area contributed by atoms with Crippen molar-refractivity contribution in [2.24, 2.45) is 0 Å². The maximum absolute atomic E-state index is 13.4. The molecule has 1 unspecified atom stereocenters. The quantitative estimate of drug-likeness (QED) is 0.475. The average Bonchev–Trinajstić information content (AvgIpc) is 3.07. The number of rotatable bonds is 0. The second kappa shape index (κ2) is 4.76. The molecule has 27 heavy (non-hydrogen) atoms. The number of fused-ring (bicyclic) bond motifs is 6. The molecule has 5 rings (SSSR count). The lowest BCUT2D eigenvalue weighted by atomic mass is 9.68. The van der Waals surface area contributed by atoms with Gasteiger partial charge in [-0.1, -0.05) is 22.9 Å². The summed E-state index contributed by atoms with van der Waals surface area (Å²) in [6.45, 7) is 5.53. The van der Waals surface area contributed by atoms with Gasteiger partial charge in [0, 0.05) is 11.3 Å². The van der Waals surface area contributed by atoms with Crippen LogP contribution >= 0.6 is 0 Å². The number of carbonyl (C=O) groups excluding carboxylic acids is 1. The summed E-state index contributed by atoms with van der Waals surface area (Å²) in [6.07, 6.45) is 0. The molecule has 0 radical (unpaired) electrons. The largest absolute Gasteiger partial charge is 0.338 e. The number of aromatic amines is 2. The molecule has 2 aliphatic heterocycles. The molecular weight excluding hydrogens is 350 g/mol. The van der Waals surface area contributed by atoms with E-state index in [9.17, 15) is 14.4 Å².